The first kappa shape index (κ1) is 16.0. The minimum absolute atomic E-state index is 0.104. The van der Waals surface area contributed by atoms with Gasteiger partial charge in [0.05, 0.1) is 24.8 Å². The zero-order chi connectivity index (χ0) is 15.3. The van der Waals surface area contributed by atoms with Crippen LogP contribution in [0.25, 0.3) is 0 Å². The average Bonchev–Trinajstić information content (AvgIpc) is 2.37. The molecule has 0 spiro atoms. The number of ether oxygens (including phenoxy) is 1. The topological polar surface area (TPSA) is 55.4 Å². The SMILES string of the molecule is COC(=O)c1cc(C)ccc1NC(=O)CCC(F)(F)F. The molecule has 7 heteroatoms. The third-order valence-corrected chi connectivity index (χ3v) is 2.49. The molecule has 0 unspecified atom stereocenters. The van der Waals surface area contributed by atoms with Crippen LogP contribution in [0.5, 0.6) is 0 Å². The largest absolute Gasteiger partial charge is 0.465 e. The minimum Gasteiger partial charge on any atom is -0.465 e. The van der Waals surface area contributed by atoms with E-state index in [4.69, 9.17) is 0 Å². The smallest absolute Gasteiger partial charge is 0.389 e. The van der Waals surface area contributed by atoms with Crippen molar-refractivity contribution in [2.24, 2.45) is 0 Å². The molecule has 1 rings (SSSR count). The molecule has 0 atom stereocenters. The van der Waals surface area contributed by atoms with Gasteiger partial charge in [-0.2, -0.15) is 13.2 Å². The van der Waals surface area contributed by atoms with Crippen molar-refractivity contribution in [1.29, 1.82) is 0 Å². The van der Waals surface area contributed by atoms with E-state index in [0.29, 0.717) is 0 Å². The number of carbonyl (C=O) groups excluding carboxylic acids is 2. The molecule has 0 radical (unpaired) electrons. The molecule has 0 heterocycles. The predicted octanol–water partition coefficient (Wildman–Crippen LogP) is 3.06. The second kappa shape index (κ2) is 6.40. The highest BCUT2D eigenvalue weighted by Crippen LogP contribution is 2.23. The molecule has 4 nitrogen and oxygen atoms in total. The van der Waals surface area contributed by atoms with Crippen LogP contribution in [0.2, 0.25) is 0 Å². The number of nitrogens with one attached hydrogen (secondary N) is 1. The van der Waals surface area contributed by atoms with Crippen LogP contribution in [0.4, 0.5) is 18.9 Å². The molecular formula is C13H14F3NO3. The fourth-order valence-electron chi connectivity index (χ4n) is 1.51. The first-order valence-corrected chi connectivity index (χ1v) is 5.78. The van der Waals surface area contributed by atoms with E-state index in [1.54, 1.807) is 13.0 Å². The van der Waals surface area contributed by atoms with Gasteiger partial charge in [-0.05, 0) is 19.1 Å². The van der Waals surface area contributed by atoms with Crippen LogP contribution >= 0.6 is 0 Å². The number of anilines is 1. The summed E-state index contributed by atoms with van der Waals surface area (Å²) in [6, 6.07) is 4.57. The van der Waals surface area contributed by atoms with Gasteiger partial charge in [0.2, 0.25) is 5.91 Å². The number of methoxy groups -OCH3 is 1. The quantitative estimate of drug-likeness (QED) is 0.867. The van der Waals surface area contributed by atoms with Crippen molar-refractivity contribution >= 4 is 17.6 Å². The predicted molar refractivity (Wildman–Crippen MR) is 66.4 cm³/mol. The molecule has 0 saturated carbocycles. The molecule has 1 amide bonds. The molecule has 0 aliphatic carbocycles. The number of hydrogen-bond donors (Lipinski definition) is 1. The molecule has 0 aliphatic heterocycles. The minimum atomic E-state index is -4.39. The number of benzene rings is 1. The zero-order valence-electron chi connectivity index (χ0n) is 11.0. The second-order valence-electron chi connectivity index (χ2n) is 4.20. The molecule has 0 saturated heterocycles. The van der Waals surface area contributed by atoms with Crippen LogP contribution in [0.1, 0.15) is 28.8 Å². The molecule has 1 aromatic carbocycles. The number of rotatable bonds is 4. The van der Waals surface area contributed by atoms with E-state index in [-0.39, 0.29) is 11.3 Å². The number of alkyl halides is 3. The molecule has 0 aromatic heterocycles. The first-order valence-electron chi connectivity index (χ1n) is 5.78. The summed E-state index contributed by atoms with van der Waals surface area (Å²) in [5.74, 6) is -1.48. The fourth-order valence-corrected chi connectivity index (χ4v) is 1.51. The van der Waals surface area contributed by atoms with E-state index in [9.17, 15) is 22.8 Å². The number of amides is 1. The molecule has 1 aromatic rings. The van der Waals surface area contributed by atoms with Gasteiger partial charge in [-0.25, -0.2) is 4.79 Å². The summed E-state index contributed by atoms with van der Waals surface area (Å²) in [6.45, 7) is 1.74. The van der Waals surface area contributed by atoms with Crippen LogP contribution in [-0.4, -0.2) is 25.2 Å². The molecular weight excluding hydrogens is 275 g/mol. The van der Waals surface area contributed by atoms with Crippen LogP contribution in [0.15, 0.2) is 18.2 Å². The second-order valence-corrected chi connectivity index (χ2v) is 4.20. The van der Waals surface area contributed by atoms with Crippen molar-refractivity contribution in [3.8, 4) is 0 Å². The Bertz CT molecular complexity index is 512. The number of esters is 1. The van der Waals surface area contributed by atoms with Crippen LogP contribution < -0.4 is 5.32 Å². The van der Waals surface area contributed by atoms with Gasteiger partial charge in [-0.1, -0.05) is 11.6 Å². The van der Waals surface area contributed by atoms with Crippen molar-refractivity contribution < 1.29 is 27.5 Å². The van der Waals surface area contributed by atoms with Crippen molar-refractivity contribution in [2.45, 2.75) is 25.9 Å². The maximum absolute atomic E-state index is 12.0. The number of halogens is 3. The average molecular weight is 289 g/mol. The summed E-state index contributed by atoms with van der Waals surface area (Å²) in [5, 5.41) is 2.29. The third kappa shape index (κ3) is 4.91. The van der Waals surface area contributed by atoms with Crippen LogP contribution in [0.3, 0.4) is 0 Å². The van der Waals surface area contributed by atoms with Crippen molar-refractivity contribution in [3.05, 3.63) is 29.3 Å². The lowest BCUT2D eigenvalue weighted by Gasteiger charge is -2.11. The number of aryl methyl sites for hydroxylation is 1. The molecule has 110 valence electrons. The van der Waals surface area contributed by atoms with E-state index >= 15 is 0 Å². The van der Waals surface area contributed by atoms with Gasteiger partial charge in [0, 0.05) is 6.42 Å². The molecule has 0 aliphatic rings. The lowest BCUT2D eigenvalue weighted by Crippen LogP contribution is -2.18. The van der Waals surface area contributed by atoms with Gasteiger partial charge in [0.15, 0.2) is 0 Å². The lowest BCUT2D eigenvalue weighted by atomic mass is 10.1. The van der Waals surface area contributed by atoms with Crippen LogP contribution in [0, 0.1) is 6.92 Å². The highest BCUT2D eigenvalue weighted by atomic mass is 19.4. The van der Waals surface area contributed by atoms with E-state index in [0.717, 1.165) is 5.56 Å². The van der Waals surface area contributed by atoms with E-state index < -0.39 is 30.9 Å². The molecule has 0 fully saturated rings. The molecule has 20 heavy (non-hydrogen) atoms. The molecule has 1 N–H and O–H groups in total. The Labute approximate surface area is 113 Å². The third-order valence-electron chi connectivity index (χ3n) is 2.49. The van der Waals surface area contributed by atoms with Gasteiger partial charge >= 0.3 is 12.1 Å². The zero-order valence-corrected chi connectivity index (χ0v) is 11.0. The van der Waals surface area contributed by atoms with E-state index in [2.05, 4.69) is 10.1 Å². The van der Waals surface area contributed by atoms with Gasteiger partial charge in [0.1, 0.15) is 0 Å². The standard InChI is InChI=1S/C13H14F3NO3/c1-8-3-4-10(9(7-8)12(19)20-2)17-11(18)5-6-13(14,15)16/h3-4,7H,5-6H2,1-2H3,(H,17,18). The summed E-state index contributed by atoms with van der Waals surface area (Å²) in [5.41, 5.74) is 1.00. The highest BCUT2D eigenvalue weighted by molar-refractivity contribution is 6.01. The van der Waals surface area contributed by atoms with Crippen LogP contribution in [-0.2, 0) is 9.53 Å². The number of carbonyl (C=O) groups is 2. The first-order chi connectivity index (χ1) is 9.23. The van der Waals surface area contributed by atoms with Gasteiger partial charge in [-0.3, -0.25) is 4.79 Å². The highest BCUT2D eigenvalue weighted by Gasteiger charge is 2.28. The van der Waals surface area contributed by atoms with E-state index in [1.165, 1.54) is 19.2 Å². The Morgan fingerprint density at radius 2 is 1.95 bits per heavy atom. The van der Waals surface area contributed by atoms with Gasteiger partial charge in [-0.15, -0.1) is 0 Å². The van der Waals surface area contributed by atoms with E-state index in [1.807, 2.05) is 0 Å². The Hall–Kier alpha value is -2.05. The maximum atomic E-state index is 12.0. The van der Waals surface area contributed by atoms with Crippen molar-refractivity contribution in [1.82, 2.24) is 0 Å². The summed E-state index contributed by atoms with van der Waals surface area (Å²) >= 11 is 0. The van der Waals surface area contributed by atoms with Crippen molar-refractivity contribution in [3.63, 3.8) is 0 Å². The summed E-state index contributed by atoms with van der Waals surface area (Å²) in [6.07, 6.45) is -6.30. The van der Waals surface area contributed by atoms with Gasteiger partial charge in [0.25, 0.3) is 0 Å². The summed E-state index contributed by atoms with van der Waals surface area (Å²) in [7, 11) is 1.18. The Kier molecular flexibility index (Phi) is 5.12. The normalized spacial score (nSPS) is 11.1. The fraction of sp³-hybridized carbons (Fsp3) is 0.385. The monoisotopic (exact) mass is 289 g/mol. The molecule has 0 bridgehead atoms. The lowest BCUT2D eigenvalue weighted by molar-refractivity contribution is -0.142. The summed E-state index contributed by atoms with van der Waals surface area (Å²) < 4.78 is 40.6. The van der Waals surface area contributed by atoms with Gasteiger partial charge < -0.3 is 10.1 Å². The van der Waals surface area contributed by atoms with Crippen molar-refractivity contribution in [2.75, 3.05) is 12.4 Å². The Balaban J connectivity index is 2.82. The summed E-state index contributed by atoms with van der Waals surface area (Å²) in [4.78, 5) is 23.0. The number of hydrogen-bond acceptors (Lipinski definition) is 3. The maximum Gasteiger partial charge on any atom is 0.389 e. The Morgan fingerprint density at radius 1 is 1.30 bits per heavy atom. The Morgan fingerprint density at radius 3 is 2.50 bits per heavy atom.